The van der Waals surface area contributed by atoms with Gasteiger partial charge < -0.3 is 29.7 Å². The Morgan fingerprint density at radius 1 is 0.940 bits per heavy atom. The van der Waals surface area contributed by atoms with Crippen molar-refractivity contribution < 1.29 is 33.8 Å². The lowest BCUT2D eigenvalue weighted by atomic mass is 9.74. The fraction of sp³-hybridized carbons (Fsp3) is 0.350. The minimum atomic E-state index is -1.49. The van der Waals surface area contributed by atoms with Gasteiger partial charge in [0.2, 0.25) is 11.8 Å². The van der Waals surface area contributed by atoms with E-state index in [0.717, 1.165) is 11.1 Å². The highest BCUT2D eigenvalue weighted by Crippen LogP contribution is 2.57. The number of aryl methyl sites for hydroxylation is 2. The molecule has 4 heterocycles. The molecule has 4 aliphatic heterocycles. The molecule has 0 unspecified atom stereocenters. The summed E-state index contributed by atoms with van der Waals surface area (Å²) < 4.78 is 12.8. The smallest absolute Gasteiger partial charge is 0.313 e. The molecule has 7 rings (SSSR count). The molecule has 3 aromatic carbocycles. The molecule has 3 amide bonds. The number of carbonyl (C=O) groups is 4. The third-order valence-electron chi connectivity index (χ3n) is 10.3. The maximum Gasteiger partial charge on any atom is 0.313 e. The highest BCUT2D eigenvalue weighted by Gasteiger charge is 2.74. The summed E-state index contributed by atoms with van der Waals surface area (Å²) in [5.74, 6) is -3.89. The molecule has 2 N–H and O–H groups in total. The quantitative estimate of drug-likeness (QED) is 0.306. The number of hydrogen-bond acceptors (Lipinski definition) is 7. The number of fused-ring (bicyclic) bond motifs is 2. The summed E-state index contributed by atoms with van der Waals surface area (Å²) in [5, 5.41) is 13.8. The number of esters is 1. The third kappa shape index (κ3) is 5.82. The van der Waals surface area contributed by atoms with Crippen LogP contribution in [0.5, 0.6) is 0 Å². The van der Waals surface area contributed by atoms with Crippen LogP contribution >= 0.6 is 0 Å². The van der Waals surface area contributed by atoms with Crippen molar-refractivity contribution in [2.24, 2.45) is 11.8 Å². The summed E-state index contributed by atoms with van der Waals surface area (Å²) in [6.07, 6.45) is 6.22. The van der Waals surface area contributed by atoms with Crippen LogP contribution in [0.1, 0.15) is 47.2 Å². The third-order valence-corrected chi connectivity index (χ3v) is 10.3. The molecule has 0 saturated carbocycles. The van der Waals surface area contributed by atoms with Crippen LogP contribution in [0.25, 0.3) is 0 Å². The molecule has 2 saturated heterocycles. The molecule has 4 aliphatic rings. The van der Waals surface area contributed by atoms with Gasteiger partial charge in [0.15, 0.2) is 0 Å². The number of aliphatic hydroxyl groups excluding tert-OH is 1. The number of allylic oxidation sites excluding steroid dienone is 1. The van der Waals surface area contributed by atoms with Crippen LogP contribution in [-0.4, -0.2) is 71.1 Å². The Kier molecular flexibility index (Phi) is 9.15. The zero-order valence-corrected chi connectivity index (χ0v) is 28.1. The zero-order chi connectivity index (χ0) is 35.0. The van der Waals surface area contributed by atoms with Crippen molar-refractivity contribution >= 4 is 29.4 Å². The maximum absolute atomic E-state index is 15.3. The van der Waals surface area contributed by atoms with Gasteiger partial charge in [0.1, 0.15) is 23.7 Å². The second-order valence-corrected chi connectivity index (χ2v) is 13.4. The Balaban J connectivity index is 1.37. The lowest BCUT2D eigenvalue weighted by molar-refractivity contribution is -0.160. The lowest BCUT2D eigenvalue weighted by Gasteiger charge is -2.39. The standard InChI is InChI=1S/C40H41N3O7/c1-25-17-18-26(2)29(22-25)42-21-11-5-10-16-33(45)41-23-32(28-14-8-4-9-15-28)49-39(48)34-31-19-20-40(50-31)35(34)37(46)43(36(40)38(42)47)30(24-44)27-12-6-3-7-13-27/h3-9,11-15,17-20,22,30-32,34-36,44H,10,16,21,23-24H2,1-2H3,(H,41,45)/b11-5-/t30-,31+,32+,34-,35-,36+,40-/m1/s1. The number of cyclic esters (lactones) is 1. The van der Waals surface area contributed by atoms with Crippen LogP contribution in [0.15, 0.2) is 103 Å². The molecule has 50 heavy (non-hydrogen) atoms. The number of aliphatic hydroxyl groups is 1. The van der Waals surface area contributed by atoms with Crippen molar-refractivity contribution in [2.75, 3.05) is 24.6 Å². The van der Waals surface area contributed by atoms with E-state index in [4.69, 9.17) is 9.47 Å². The van der Waals surface area contributed by atoms with Gasteiger partial charge in [-0.05, 0) is 48.6 Å². The van der Waals surface area contributed by atoms with E-state index in [1.54, 1.807) is 17.1 Å². The summed E-state index contributed by atoms with van der Waals surface area (Å²) in [6, 6.07) is 22.0. The Hall–Kier alpha value is -5.06. The molecular weight excluding hydrogens is 634 g/mol. The molecular formula is C40H41N3O7. The number of anilines is 1. The van der Waals surface area contributed by atoms with Crippen LogP contribution in [0.3, 0.4) is 0 Å². The molecule has 0 aromatic heterocycles. The first kappa shape index (κ1) is 33.4. The highest BCUT2D eigenvalue weighted by molar-refractivity contribution is 6.06. The van der Waals surface area contributed by atoms with Crippen LogP contribution in [-0.2, 0) is 28.7 Å². The van der Waals surface area contributed by atoms with Gasteiger partial charge in [-0.15, -0.1) is 0 Å². The highest BCUT2D eigenvalue weighted by atomic mass is 16.6. The number of hydrogen-bond donors (Lipinski definition) is 2. The van der Waals surface area contributed by atoms with Crippen molar-refractivity contribution in [2.45, 2.75) is 56.6 Å². The molecule has 5 bridgehead atoms. The topological polar surface area (TPSA) is 125 Å². The number of amides is 3. The molecule has 258 valence electrons. The van der Waals surface area contributed by atoms with E-state index < -0.39 is 66.1 Å². The number of nitrogens with one attached hydrogen (secondary N) is 1. The molecule has 0 radical (unpaired) electrons. The second-order valence-electron chi connectivity index (χ2n) is 13.4. The number of ether oxygens (including phenoxy) is 2. The van der Waals surface area contributed by atoms with Crippen LogP contribution in [0, 0.1) is 25.7 Å². The first-order chi connectivity index (χ1) is 24.2. The van der Waals surface area contributed by atoms with Gasteiger partial charge in [0, 0.05) is 18.7 Å². The molecule has 7 atom stereocenters. The fourth-order valence-corrected chi connectivity index (χ4v) is 7.91. The lowest BCUT2D eigenvalue weighted by Crippen LogP contribution is -2.57. The molecule has 0 aliphatic carbocycles. The van der Waals surface area contributed by atoms with Crippen LogP contribution < -0.4 is 10.2 Å². The van der Waals surface area contributed by atoms with Crippen molar-refractivity contribution in [1.82, 2.24) is 10.2 Å². The zero-order valence-electron chi connectivity index (χ0n) is 28.1. The summed E-state index contributed by atoms with van der Waals surface area (Å²) in [6.45, 7) is 3.62. The van der Waals surface area contributed by atoms with Gasteiger partial charge in [0.05, 0.1) is 31.2 Å². The van der Waals surface area contributed by atoms with Crippen LogP contribution in [0.4, 0.5) is 5.69 Å². The van der Waals surface area contributed by atoms with Crippen molar-refractivity contribution in [3.63, 3.8) is 0 Å². The van der Waals surface area contributed by atoms with Gasteiger partial charge in [-0.3, -0.25) is 19.2 Å². The summed E-state index contributed by atoms with van der Waals surface area (Å²) in [5.41, 5.74) is 2.32. The maximum atomic E-state index is 15.3. The Labute approximate surface area is 291 Å². The van der Waals surface area contributed by atoms with Crippen molar-refractivity contribution in [3.8, 4) is 0 Å². The fourth-order valence-electron chi connectivity index (χ4n) is 7.91. The number of likely N-dealkylation sites (tertiary alicyclic amines) is 1. The van der Waals surface area contributed by atoms with Gasteiger partial charge in [-0.1, -0.05) is 97.1 Å². The minimum Gasteiger partial charge on any atom is -0.455 e. The SMILES string of the molecule is Cc1ccc(C)c(N2C/C=C\CCC(=O)NC[C@@H](c3ccccc3)OC(=O)[C@@H]3[C@@H]4C=C[C@]5(O4)[C@H](C2=O)N([C@H](CO)c2ccccc2)C(=O)[C@@H]35)c1. The van der Waals surface area contributed by atoms with E-state index in [0.29, 0.717) is 23.2 Å². The van der Waals surface area contributed by atoms with Gasteiger partial charge in [-0.25, -0.2) is 0 Å². The Bertz CT molecular complexity index is 1840. The molecule has 3 aromatic rings. The molecule has 10 heteroatoms. The largest absolute Gasteiger partial charge is 0.455 e. The summed E-state index contributed by atoms with van der Waals surface area (Å²) in [4.78, 5) is 60.4. The summed E-state index contributed by atoms with van der Waals surface area (Å²) in [7, 11) is 0. The predicted molar refractivity (Wildman–Crippen MR) is 186 cm³/mol. The van der Waals surface area contributed by atoms with E-state index in [2.05, 4.69) is 5.32 Å². The minimum absolute atomic E-state index is 0.0460. The molecule has 1 spiro atoms. The van der Waals surface area contributed by atoms with E-state index in [1.165, 1.54) is 4.90 Å². The monoisotopic (exact) mass is 675 g/mol. The average molecular weight is 676 g/mol. The van der Waals surface area contributed by atoms with Gasteiger partial charge in [0.25, 0.3) is 5.91 Å². The number of benzene rings is 3. The van der Waals surface area contributed by atoms with E-state index in [9.17, 15) is 19.5 Å². The second kappa shape index (κ2) is 13.7. The van der Waals surface area contributed by atoms with Crippen LogP contribution in [0.2, 0.25) is 0 Å². The summed E-state index contributed by atoms with van der Waals surface area (Å²) >= 11 is 0. The first-order valence-corrected chi connectivity index (χ1v) is 17.1. The molecule has 2 fully saturated rings. The van der Waals surface area contributed by atoms with E-state index in [1.807, 2.05) is 105 Å². The number of nitrogens with zero attached hydrogens (tertiary/aromatic N) is 2. The van der Waals surface area contributed by atoms with Gasteiger partial charge in [-0.2, -0.15) is 0 Å². The normalized spacial score (nSPS) is 29.5. The first-order valence-electron chi connectivity index (χ1n) is 17.1. The van der Waals surface area contributed by atoms with E-state index >= 15 is 4.79 Å². The number of carbonyl (C=O) groups excluding carboxylic acids is 4. The van der Waals surface area contributed by atoms with Gasteiger partial charge >= 0.3 is 5.97 Å². The Morgan fingerprint density at radius 2 is 1.68 bits per heavy atom. The average Bonchev–Trinajstić information content (AvgIpc) is 3.77. The molecule has 10 nitrogen and oxygen atoms in total. The Morgan fingerprint density at radius 3 is 2.42 bits per heavy atom. The predicted octanol–water partition coefficient (Wildman–Crippen LogP) is 4.27. The number of rotatable bonds is 5. The van der Waals surface area contributed by atoms with Crippen molar-refractivity contribution in [3.05, 3.63) is 125 Å². The van der Waals surface area contributed by atoms with E-state index in [-0.39, 0.29) is 25.4 Å². The van der Waals surface area contributed by atoms with Crippen molar-refractivity contribution in [1.29, 1.82) is 0 Å².